The van der Waals surface area contributed by atoms with Gasteiger partial charge in [0.25, 0.3) is 0 Å². The Kier molecular flexibility index (Phi) is 5.74. The number of benzene rings is 1. The minimum atomic E-state index is 0.712. The zero-order valence-corrected chi connectivity index (χ0v) is 19.4. The number of aromatic amines is 1. The summed E-state index contributed by atoms with van der Waals surface area (Å²) in [6, 6.07) is 12.5. The van der Waals surface area contributed by atoms with Crippen LogP contribution in [0.1, 0.15) is 11.4 Å². The lowest BCUT2D eigenvalue weighted by Gasteiger charge is -2.29. The summed E-state index contributed by atoms with van der Waals surface area (Å²) in [4.78, 5) is 18.1. The molecule has 0 saturated carbocycles. The van der Waals surface area contributed by atoms with Crippen LogP contribution in [0.25, 0.3) is 28.2 Å². The summed E-state index contributed by atoms with van der Waals surface area (Å²) in [6.45, 7) is 9.31. The Morgan fingerprint density at radius 1 is 0.941 bits per heavy atom. The molecular formula is C25H29N7O2. The van der Waals surface area contributed by atoms with Gasteiger partial charge in [-0.2, -0.15) is 5.10 Å². The van der Waals surface area contributed by atoms with Crippen LogP contribution in [-0.2, 0) is 16.0 Å². The number of anilines is 1. The normalized spacial score (nSPS) is 17.5. The lowest BCUT2D eigenvalue weighted by molar-refractivity contribution is 0.0332. The van der Waals surface area contributed by atoms with Gasteiger partial charge in [-0.05, 0) is 19.1 Å². The highest BCUT2D eigenvalue weighted by molar-refractivity contribution is 5.87. The predicted molar refractivity (Wildman–Crippen MR) is 130 cm³/mol. The first kappa shape index (κ1) is 21.3. The van der Waals surface area contributed by atoms with Gasteiger partial charge in [-0.3, -0.25) is 4.90 Å². The number of aromatic nitrogens is 5. The molecule has 2 aliphatic rings. The van der Waals surface area contributed by atoms with Crippen LogP contribution < -0.4 is 4.90 Å². The second-order valence-corrected chi connectivity index (χ2v) is 8.88. The van der Waals surface area contributed by atoms with Gasteiger partial charge < -0.3 is 19.4 Å². The van der Waals surface area contributed by atoms with Crippen molar-refractivity contribution in [2.24, 2.45) is 0 Å². The Labute approximate surface area is 198 Å². The molecule has 0 amide bonds. The molecule has 0 bridgehead atoms. The van der Waals surface area contributed by atoms with E-state index in [4.69, 9.17) is 24.5 Å². The average Bonchev–Trinajstić information content (AvgIpc) is 3.52. The average molecular weight is 460 g/mol. The van der Waals surface area contributed by atoms with E-state index < -0.39 is 0 Å². The number of hydrogen-bond donors (Lipinski definition) is 1. The molecule has 2 fully saturated rings. The third kappa shape index (κ3) is 4.29. The number of rotatable bonds is 5. The number of imidazole rings is 1. The quantitative estimate of drug-likeness (QED) is 0.491. The second kappa shape index (κ2) is 9.17. The maximum atomic E-state index is 5.59. The molecule has 0 aliphatic carbocycles. The molecular weight excluding hydrogens is 430 g/mol. The van der Waals surface area contributed by atoms with Crippen LogP contribution in [0.15, 0.2) is 42.6 Å². The van der Waals surface area contributed by atoms with Gasteiger partial charge in [0.15, 0.2) is 11.5 Å². The smallest absolute Gasteiger partial charge is 0.162 e. The van der Waals surface area contributed by atoms with Crippen LogP contribution in [0.2, 0.25) is 0 Å². The summed E-state index contributed by atoms with van der Waals surface area (Å²) in [5.41, 5.74) is 6.00. The lowest BCUT2D eigenvalue weighted by atomic mass is 10.1. The highest BCUT2D eigenvalue weighted by atomic mass is 16.5. The van der Waals surface area contributed by atoms with E-state index in [1.165, 1.54) is 5.56 Å². The molecule has 0 spiro atoms. The number of ether oxygens (including phenoxy) is 2. The topological polar surface area (TPSA) is 84.3 Å². The van der Waals surface area contributed by atoms with Gasteiger partial charge in [-0.1, -0.05) is 23.8 Å². The summed E-state index contributed by atoms with van der Waals surface area (Å²) in [7, 11) is 0. The van der Waals surface area contributed by atoms with Crippen molar-refractivity contribution in [1.29, 1.82) is 0 Å². The highest BCUT2D eigenvalue weighted by Crippen LogP contribution is 2.28. The van der Waals surface area contributed by atoms with Crippen molar-refractivity contribution in [3.8, 4) is 17.1 Å². The molecule has 0 atom stereocenters. The van der Waals surface area contributed by atoms with Gasteiger partial charge in [-0.15, -0.1) is 0 Å². The van der Waals surface area contributed by atoms with Crippen molar-refractivity contribution in [2.75, 3.05) is 57.5 Å². The number of pyridine rings is 1. The maximum absolute atomic E-state index is 5.59. The lowest BCUT2D eigenvalue weighted by Crippen LogP contribution is -2.36. The van der Waals surface area contributed by atoms with E-state index in [1.807, 2.05) is 16.9 Å². The van der Waals surface area contributed by atoms with E-state index in [2.05, 4.69) is 52.0 Å². The van der Waals surface area contributed by atoms with Gasteiger partial charge in [0.1, 0.15) is 11.3 Å². The number of fused-ring (bicyclic) bond motifs is 1. The fraction of sp³-hybridized carbons (Fsp3) is 0.400. The Morgan fingerprint density at radius 2 is 1.74 bits per heavy atom. The van der Waals surface area contributed by atoms with E-state index in [-0.39, 0.29) is 0 Å². The van der Waals surface area contributed by atoms with Crippen molar-refractivity contribution in [3.63, 3.8) is 0 Å². The minimum absolute atomic E-state index is 0.712. The van der Waals surface area contributed by atoms with Crippen molar-refractivity contribution >= 4 is 16.9 Å². The minimum Gasteiger partial charge on any atom is -0.379 e. The van der Waals surface area contributed by atoms with Crippen LogP contribution in [-0.4, -0.2) is 82.2 Å². The van der Waals surface area contributed by atoms with Gasteiger partial charge in [0.05, 0.1) is 44.4 Å². The van der Waals surface area contributed by atoms with Gasteiger partial charge >= 0.3 is 0 Å². The van der Waals surface area contributed by atoms with Crippen LogP contribution >= 0.6 is 0 Å². The van der Waals surface area contributed by atoms with Gasteiger partial charge in [0.2, 0.25) is 0 Å². The number of nitrogens with one attached hydrogen (secondary N) is 1. The van der Waals surface area contributed by atoms with E-state index >= 15 is 0 Å². The molecule has 3 aromatic heterocycles. The van der Waals surface area contributed by atoms with Crippen molar-refractivity contribution < 1.29 is 9.47 Å². The standard InChI is InChI=1S/C25H29N7O2/c1-18-3-2-4-19(15-18)20-5-6-32(29-20)23-16-21(31-9-13-34-14-10-31)24-25(28-23)27-22(26-24)17-30-7-11-33-12-8-30/h2-6,15-16H,7-14,17H2,1H3,(H,26,27,28). The molecule has 2 aliphatic heterocycles. The molecule has 9 nitrogen and oxygen atoms in total. The third-order valence-electron chi connectivity index (χ3n) is 6.44. The SMILES string of the molecule is Cc1cccc(-c2ccn(-c3cc(N4CCOCC4)c4nc(CN5CCOCC5)[nH]c4n3)n2)c1. The van der Waals surface area contributed by atoms with Crippen LogP contribution in [0.5, 0.6) is 0 Å². The van der Waals surface area contributed by atoms with Crippen molar-refractivity contribution in [1.82, 2.24) is 29.6 Å². The highest BCUT2D eigenvalue weighted by Gasteiger charge is 2.21. The third-order valence-corrected chi connectivity index (χ3v) is 6.44. The number of nitrogens with zero attached hydrogens (tertiary/aromatic N) is 6. The molecule has 1 aromatic carbocycles. The van der Waals surface area contributed by atoms with Crippen LogP contribution in [0.4, 0.5) is 5.69 Å². The molecule has 0 radical (unpaired) electrons. The predicted octanol–water partition coefficient (Wildman–Crippen LogP) is 2.79. The number of aryl methyl sites for hydroxylation is 1. The first-order valence-electron chi connectivity index (χ1n) is 11.9. The molecule has 176 valence electrons. The van der Waals surface area contributed by atoms with Crippen molar-refractivity contribution in [3.05, 3.63) is 54.0 Å². The molecule has 0 unspecified atom stereocenters. The fourth-order valence-electron chi connectivity index (χ4n) is 4.63. The largest absolute Gasteiger partial charge is 0.379 e. The molecule has 5 heterocycles. The summed E-state index contributed by atoms with van der Waals surface area (Å²) in [6.07, 6.45) is 1.97. The number of morpholine rings is 2. The van der Waals surface area contributed by atoms with E-state index in [0.29, 0.717) is 13.2 Å². The first-order chi connectivity index (χ1) is 16.7. The Hall–Kier alpha value is -3.27. The molecule has 2 saturated heterocycles. The van der Waals surface area contributed by atoms with Crippen molar-refractivity contribution in [2.45, 2.75) is 13.5 Å². The molecule has 4 aromatic rings. The molecule has 6 rings (SSSR count). The molecule has 1 N–H and O–H groups in total. The second-order valence-electron chi connectivity index (χ2n) is 8.88. The summed E-state index contributed by atoms with van der Waals surface area (Å²) in [5, 5.41) is 4.84. The van der Waals surface area contributed by atoms with Crippen LogP contribution in [0.3, 0.4) is 0 Å². The fourth-order valence-corrected chi connectivity index (χ4v) is 4.63. The van der Waals surface area contributed by atoms with E-state index in [9.17, 15) is 0 Å². The summed E-state index contributed by atoms with van der Waals surface area (Å²) >= 11 is 0. The monoisotopic (exact) mass is 459 g/mol. The Balaban J connectivity index is 1.38. The number of hydrogen-bond acceptors (Lipinski definition) is 7. The first-order valence-corrected chi connectivity index (χ1v) is 11.9. The van der Waals surface area contributed by atoms with E-state index in [1.54, 1.807) is 0 Å². The zero-order valence-electron chi connectivity index (χ0n) is 19.4. The maximum Gasteiger partial charge on any atom is 0.162 e. The zero-order chi connectivity index (χ0) is 22.9. The summed E-state index contributed by atoms with van der Waals surface area (Å²) < 4.78 is 12.9. The molecule has 9 heteroatoms. The van der Waals surface area contributed by atoms with Gasteiger partial charge in [0, 0.05) is 44.0 Å². The van der Waals surface area contributed by atoms with Crippen LogP contribution in [0, 0.1) is 6.92 Å². The van der Waals surface area contributed by atoms with E-state index in [0.717, 1.165) is 85.7 Å². The Bertz CT molecular complexity index is 1290. The number of H-pyrrole nitrogens is 1. The molecule has 34 heavy (non-hydrogen) atoms. The van der Waals surface area contributed by atoms with Gasteiger partial charge in [-0.25, -0.2) is 14.6 Å². The summed E-state index contributed by atoms with van der Waals surface area (Å²) in [5.74, 6) is 1.70. The Morgan fingerprint density at radius 3 is 2.53 bits per heavy atom.